The molecular formula is C14H15NO2S. The van der Waals surface area contributed by atoms with E-state index < -0.39 is 11.9 Å². The van der Waals surface area contributed by atoms with Gasteiger partial charge >= 0.3 is 5.97 Å². The third-order valence-corrected chi connectivity index (χ3v) is 3.96. The molecule has 0 amide bonds. The highest BCUT2D eigenvalue weighted by molar-refractivity contribution is 7.10. The first kappa shape index (κ1) is 12.8. The van der Waals surface area contributed by atoms with Gasteiger partial charge in [0.15, 0.2) is 0 Å². The Morgan fingerprint density at radius 3 is 2.78 bits per heavy atom. The quantitative estimate of drug-likeness (QED) is 0.918. The Morgan fingerprint density at radius 2 is 2.11 bits per heavy atom. The molecule has 0 aliphatic rings. The Hall–Kier alpha value is -1.68. The fraction of sp³-hybridized carbons (Fsp3) is 0.286. The Kier molecular flexibility index (Phi) is 3.48. The van der Waals surface area contributed by atoms with E-state index in [0.717, 1.165) is 16.8 Å². The number of carbonyl (C=O) groups is 1. The minimum absolute atomic E-state index is 0.547. The van der Waals surface area contributed by atoms with Crippen molar-refractivity contribution < 1.29 is 9.90 Å². The largest absolute Gasteiger partial charge is 0.481 e. The molecule has 0 aliphatic heterocycles. The van der Waals surface area contributed by atoms with E-state index in [2.05, 4.69) is 23.2 Å². The van der Waals surface area contributed by atoms with E-state index in [0.29, 0.717) is 5.01 Å². The zero-order valence-electron chi connectivity index (χ0n) is 10.6. The maximum atomic E-state index is 10.9. The Labute approximate surface area is 110 Å². The van der Waals surface area contributed by atoms with Gasteiger partial charge < -0.3 is 5.11 Å². The molecule has 4 heteroatoms. The van der Waals surface area contributed by atoms with Gasteiger partial charge in [0.2, 0.25) is 0 Å². The number of carboxylic acids is 1. The monoisotopic (exact) mass is 261 g/mol. The SMILES string of the molecule is Cc1ccc(C)c(-c2csc(C(C)C(=O)O)n2)c1. The minimum Gasteiger partial charge on any atom is -0.481 e. The van der Waals surface area contributed by atoms with Gasteiger partial charge in [0.1, 0.15) is 10.9 Å². The van der Waals surface area contributed by atoms with Gasteiger partial charge in [-0.1, -0.05) is 17.7 Å². The number of aryl methyl sites for hydroxylation is 2. The Bertz CT molecular complexity index is 589. The average Bonchev–Trinajstić information content (AvgIpc) is 2.80. The molecule has 2 rings (SSSR count). The van der Waals surface area contributed by atoms with Crippen molar-refractivity contribution in [2.75, 3.05) is 0 Å². The number of hydrogen-bond donors (Lipinski definition) is 1. The molecule has 1 aromatic carbocycles. The summed E-state index contributed by atoms with van der Waals surface area (Å²) < 4.78 is 0. The van der Waals surface area contributed by atoms with Crippen LogP contribution in [0.4, 0.5) is 0 Å². The van der Waals surface area contributed by atoms with Crippen LogP contribution in [0.2, 0.25) is 0 Å². The van der Waals surface area contributed by atoms with E-state index in [9.17, 15) is 4.79 Å². The lowest BCUT2D eigenvalue weighted by atomic mass is 10.0. The zero-order chi connectivity index (χ0) is 13.3. The first-order chi connectivity index (χ1) is 8.49. The molecule has 1 unspecified atom stereocenters. The van der Waals surface area contributed by atoms with Gasteiger partial charge in [-0.2, -0.15) is 0 Å². The summed E-state index contributed by atoms with van der Waals surface area (Å²) in [7, 11) is 0. The van der Waals surface area contributed by atoms with Crippen LogP contribution in [-0.2, 0) is 4.79 Å². The number of aliphatic carboxylic acids is 1. The highest BCUT2D eigenvalue weighted by atomic mass is 32.1. The van der Waals surface area contributed by atoms with Crippen molar-refractivity contribution in [1.82, 2.24) is 4.98 Å². The van der Waals surface area contributed by atoms with Crippen molar-refractivity contribution in [3.63, 3.8) is 0 Å². The summed E-state index contributed by atoms with van der Waals surface area (Å²) in [6.07, 6.45) is 0. The standard InChI is InChI=1S/C14H15NO2S/c1-8-4-5-9(2)11(6-8)12-7-18-13(15-12)10(3)14(16)17/h4-7,10H,1-3H3,(H,16,17). The lowest BCUT2D eigenvalue weighted by Gasteiger charge is -2.04. The maximum Gasteiger partial charge on any atom is 0.313 e. The molecule has 1 N–H and O–H groups in total. The van der Waals surface area contributed by atoms with Crippen LogP contribution in [0.15, 0.2) is 23.6 Å². The van der Waals surface area contributed by atoms with Crippen LogP contribution in [0.1, 0.15) is 29.0 Å². The number of rotatable bonds is 3. The lowest BCUT2D eigenvalue weighted by Crippen LogP contribution is -2.06. The number of benzene rings is 1. The van der Waals surface area contributed by atoms with Crippen molar-refractivity contribution in [1.29, 1.82) is 0 Å². The van der Waals surface area contributed by atoms with Crippen LogP contribution in [0.25, 0.3) is 11.3 Å². The molecular weight excluding hydrogens is 246 g/mol. The summed E-state index contributed by atoms with van der Waals surface area (Å²) in [4.78, 5) is 15.4. The van der Waals surface area contributed by atoms with E-state index in [1.54, 1.807) is 6.92 Å². The zero-order valence-corrected chi connectivity index (χ0v) is 11.4. The predicted molar refractivity (Wildman–Crippen MR) is 73.1 cm³/mol. The van der Waals surface area contributed by atoms with Gasteiger partial charge in [-0.05, 0) is 32.4 Å². The molecule has 0 saturated heterocycles. The highest BCUT2D eigenvalue weighted by Gasteiger charge is 2.18. The van der Waals surface area contributed by atoms with E-state index in [-0.39, 0.29) is 0 Å². The predicted octanol–water partition coefficient (Wildman–Crippen LogP) is 3.62. The smallest absolute Gasteiger partial charge is 0.313 e. The van der Waals surface area contributed by atoms with Crippen LogP contribution in [0.3, 0.4) is 0 Å². The first-order valence-corrected chi connectivity index (χ1v) is 6.63. The Balaban J connectivity index is 2.41. The molecule has 0 saturated carbocycles. The number of hydrogen-bond acceptors (Lipinski definition) is 3. The number of thiazole rings is 1. The fourth-order valence-electron chi connectivity index (χ4n) is 1.73. The van der Waals surface area contributed by atoms with Crippen molar-refractivity contribution in [2.24, 2.45) is 0 Å². The summed E-state index contributed by atoms with van der Waals surface area (Å²) in [5, 5.41) is 11.6. The van der Waals surface area contributed by atoms with Gasteiger partial charge in [-0.15, -0.1) is 11.3 Å². The summed E-state index contributed by atoms with van der Waals surface area (Å²) >= 11 is 1.40. The number of carboxylic acid groups (broad SMARTS) is 1. The third kappa shape index (κ3) is 2.43. The lowest BCUT2D eigenvalue weighted by molar-refractivity contribution is -0.138. The van der Waals surface area contributed by atoms with Gasteiger partial charge in [0.05, 0.1) is 5.69 Å². The molecule has 0 spiro atoms. The number of nitrogens with zero attached hydrogens (tertiary/aromatic N) is 1. The summed E-state index contributed by atoms with van der Waals surface area (Å²) in [5.74, 6) is -1.38. The van der Waals surface area contributed by atoms with E-state index >= 15 is 0 Å². The highest BCUT2D eigenvalue weighted by Crippen LogP contribution is 2.29. The van der Waals surface area contributed by atoms with E-state index in [1.807, 2.05) is 19.2 Å². The summed E-state index contributed by atoms with van der Waals surface area (Å²) in [6, 6.07) is 6.20. The topological polar surface area (TPSA) is 50.2 Å². The van der Waals surface area contributed by atoms with Crippen LogP contribution in [0.5, 0.6) is 0 Å². The van der Waals surface area contributed by atoms with Crippen molar-refractivity contribution in [2.45, 2.75) is 26.7 Å². The van der Waals surface area contributed by atoms with Crippen LogP contribution in [0, 0.1) is 13.8 Å². The average molecular weight is 261 g/mol. The molecule has 3 nitrogen and oxygen atoms in total. The molecule has 1 aromatic heterocycles. The fourth-order valence-corrected chi connectivity index (χ4v) is 2.60. The molecule has 94 valence electrons. The van der Waals surface area contributed by atoms with Crippen LogP contribution < -0.4 is 0 Å². The maximum absolute atomic E-state index is 10.9. The van der Waals surface area contributed by atoms with Crippen molar-refractivity contribution in [3.8, 4) is 11.3 Å². The van der Waals surface area contributed by atoms with Gasteiger partial charge in [0.25, 0.3) is 0 Å². The third-order valence-electron chi connectivity index (χ3n) is 2.93. The van der Waals surface area contributed by atoms with Crippen molar-refractivity contribution >= 4 is 17.3 Å². The molecule has 0 fully saturated rings. The van der Waals surface area contributed by atoms with E-state index in [4.69, 9.17) is 5.11 Å². The van der Waals surface area contributed by atoms with Crippen LogP contribution >= 0.6 is 11.3 Å². The normalized spacial score (nSPS) is 12.4. The summed E-state index contributed by atoms with van der Waals surface area (Å²) in [5.41, 5.74) is 4.27. The second kappa shape index (κ2) is 4.90. The summed E-state index contributed by atoms with van der Waals surface area (Å²) in [6.45, 7) is 5.73. The molecule has 1 heterocycles. The molecule has 0 bridgehead atoms. The second-order valence-electron chi connectivity index (χ2n) is 4.45. The second-order valence-corrected chi connectivity index (χ2v) is 5.34. The number of aromatic nitrogens is 1. The minimum atomic E-state index is -0.836. The van der Waals surface area contributed by atoms with E-state index in [1.165, 1.54) is 16.9 Å². The van der Waals surface area contributed by atoms with Gasteiger partial charge in [-0.25, -0.2) is 4.98 Å². The molecule has 18 heavy (non-hydrogen) atoms. The van der Waals surface area contributed by atoms with Crippen LogP contribution in [-0.4, -0.2) is 16.1 Å². The molecule has 1 atom stereocenters. The molecule has 2 aromatic rings. The van der Waals surface area contributed by atoms with Crippen molar-refractivity contribution in [3.05, 3.63) is 39.7 Å². The Morgan fingerprint density at radius 1 is 1.39 bits per heavy atom. The molecule has 0 radical (unpaired) electrons. The molecule has 0 aliphatic carbocycles. The first-order valence-electron chi connectivity index (χ1n) is 5.75. The van der Waals surface area contributed by atoms with Gasteiger partial charge in [-0.3, -0.25) is 4.79 Å². The van der Waals surface area contributed by atoms with Gasteiger partial charge in [0, 0.05) is 10.9 Å².